The molecule has 0 fully saturated rings. The summed E-state index contributed by atoms with van der Waals surface area (Å²) in [5.41, 5.74) is 1.49. The Labute approximate surface area is 125 Å². The number of amides is 2. The van der Waals surface area contributed by atoms with Crippen molar-refractivity contribution in [3.05, 3.63) is 41.9 Å². The molecule has 3 heterocycles. The number of carbonyl (C=O) groups is 1. The first-order valence-electron chi connectivity index (χ1n) is 6.46. The van der Waals surface area contributed by atoms with Crippen molar-refractivity contribution in [2.45, 2.75) is 0 Å². The number of hydrogen-bond donors (Lipinski definition) is 3. The monoisotopic (exact) mass is 302 g/mol. The molecule has 0 saturated carbocycles. The zero-order valence-corrected chi connectivity index (χ0v) is 11.9. The molecule has 2 amide bonds. The van der Waals surface area contributed by atoms with Gasteiger partial charge in [0.05, 0.1) is 11.5 Å². The summed E-state index contributed by atoms with van der Waals surface area (Å²) < 4.78 is 1.83. The van der Waals surface area contributed by atoms with Crippen LogP contribution in [-0.4, -0.2) is 33.7 Å². The minimum Gasteiger partial charge on any atom is -0.395 e. The van der Waals surface area contributed by atoms with Gasteiger partial charge in [0.1, 0.15) is 17.2 Å². The van der Waals surface area contributed by atoms with Gasteiger partial charge in [-0.3, -0.25) is 9.72 Å². The van der Waals surface area contributed by atoms with Gasteiger partial charge in [0, 0.05) is 12.7 Å². The Morgan fingerprint density at radius 3 is 3.00 bits per heavy atom. The molecule has 0 bridgehead atoms. The van der Waals surface area contributed by atoms with E-state index in [0.717, 1.165) is 16.2 Å². The molecular weight excluding hydrogens is 288 g/mol. The summed E-state index contributed by atoms with van der Waals surface area (Å²) in [6, 6.07) is 9.20. The van der Waals surface area contributed by atoms with Crippen LogP contribution in [0.2, 0.25) is 0 Å². The molecule has 21 heavy (non-hydrogen) atoms. The molecule has 0 aliphatic rings. The van der Waals surface area contributed by atoms with Gasteiger partial charge in [-0.25, -0.2) is 9.78 Å². The summed E-state index contributed by atoms with van der Waals surface area (Å²) in [5.74, 6) is 0.614. The Bertz CT molecular complexity index is 752. The lowest BCUT2D eigenvalue weighted by Crippen LogP contribution is -2.31. The zero-order chi connectivity index (χ0) is 14.7. The maximum Gasteiger partial charge on any atom is 0.320 e. The van der Waals surface area contributed by atoms with Crippen LogP contribution in [0.15, 0.2) is 41.9 Å². The van der Waals surface area contributed by atoms with Crippen molar-refractivity contribution in [3.63, 3.8) is 0 Å². The smallest absolute Gasteiger partial charge is 0.320 e. The van der Waals surface area contributed by atoms with Gasteiger partial charge < -0.3 is 10.4 Å². The van der Waals surface area contributed by atoms with Crippen LogP contribution >= 0.6 is 11.3 Å². The lowest BCUT2D eigenvalue weighted by Gasteiger charge is -2.07. The second-order valence-electron chi connectivity index (χ2n) is 4.32. The molecule has 6 nitrogen and oxygen atoms in total. The van der Waals surface area contributed by atoms with Gasteiger partial charge in [-0.15, -0.1) is 11.3 Å². The Morgan fingerprint density at radius 2 is 2.24 bits per heavy atom. The zero-order valence-electron chi connectivity index (χ0n) is 11.1. The molecule has 3 aromatic rings. The van der Waals surface area contributed by atoms with E-state index in [2.05, 4.69) is 15.6 Å². The average Bonchev–Trinajstić information content (AvgIpc) is 3.13. The molecule has 0 spiro atoms. The Kier molecular flexibility index (Phi) is 3.85. The molecule has 0 unspecified atom stereocenters. The molecule has 0 saturated heterocycles. The molecule has 0 atom stereocenters. The predicted octanol–water partition coefficient (Wildman–Crippen LogP) is 2.18. The van der Waals surface area contributed by atoms with Gasteiger partial charge in [-0.05, 0) is 23.6 Å². The van der Waals surface area contributed by atoms with Crippen LogP contribution < -0.4 is 10.6 Å². The van der Waals surface area contributed by atoms with E-state index in [1.54, 1.807) is 11.3 Å². The number of nitrogens with zero attached hydrogens (tertiary/aromatic N) is 2. The van der Waals surface area contributed by atoms with Crippen LogP contribution in [0.3, 0.4) is 0 Å². The standard InChI is InChI=1S/C14H14N4O2S/c19-8-6-15-14(20)17-13-12(10-4-3-9-21-10)16-11-5-1-2-7-18(11)13/h1-5,7,9,19H,6,8H2,(H2,15,17,20). The number of aliphatic hydroxyl groups excluding tert-OH is 1. The van der Waals surface area contributed by atoms with Gasteiger partial charge in [0.15, 0.2) is 0 Å². The summed E-state index contributed by atoms with van der Waals surface area (Å²) in [6.07, 6.45) is 1.85. The van der Waals surface area contributed by atoms with Crippen molar-refractivity contribution in [1.82, 2.24) is 14.7 Å². The minimum absolute atomic E-state index is 0.0989. The number of aliphatic hydroxyl groups is 1. The quantitative estimate of drug-likeness (QED) is 0.691. The highest BCUT2D eigenvalue weighted by Crippen LogP contribution is 2.31. The summed E-state index contributed by atoms with van der Waals surface area (Å²) in [6.45, 7) is 0.106. The van der Waals surface area contributed by atoms with Crippen molar-refractivity contribution in [2.24, 2.45) is 0 Å². The van der Waals surface area contributed by atoms with Gasteiger partial charge >= 0.3 is 6.03 Å². The fourth-order valence-corrected chi connectivity index (χ4v) is 2.74. The Morgan fingerprint density at radius 1 is 1.33 bits per heavy atom. The molecule has 0 aliphatic heterocycles. The van der Waals surface area contributed by atoms with Crippen LogP contribution in [0, 0.1) is 0 Å². The highest BCUT2D eigenvalue weighted by atomic mass is 32.1. The third-order valence-electron chi connectivity index (χ3n) is 2.91. The molecule has 7 heteroatoms. The Hall–Kier alpha value is -2.38. The fraction of sp³-hybridized carbons (Fsp3) is 0.143. The maximum atomic E-state index is 11.9. The largest absolute Gasteiger partial charge is 0.395 e. The van der Waals surface area contributed by atoms with E-state index in [4.69, 9.17) is 5.11 Å². The fourth-order valence-electron chi connectivity index (χ4n) is 2.02. The van der Waals surface area contributed by atoms with Crippen molar-refractivity contribution >= 4 is 28.8 Å². The lowest BCUT2D eigenvalue weighted by molar-refractivity contribution is 0.244. The summed E-state index contributed by atoms with van der Waals surface area (Å²) >= 11 is 1.56. The van der Waals surface area contributed by atoms with Crippen molar-refractivity contribution in [2.75, 3.05) is 18.5 Å². The highest BCUT2D eigenvalue weighted by Gasteiger charge is 2.16. The van der Waals surface area contributed by atoms with Crippen molar-refractivity contribution in [1.29, 1.82) is 0 Å². The maximum absolute atomic E-state index is 11.9. The van der Waals surface area contributed by atoms with Crippen LogP contribution in [0.25, 0.3) is 16.2 Å². The number of hydrogen-bond acceptors (Lipinski definition) is 4. The van der Waals surface area contributed by atoms with Crippen LogP contribution in [0.4, 0.5) is 10.6 Å². The van der Waals surface area contributed by atoms with E-state index >= 15 is 0 Å². The number of imidazole rings is 1. The second-order valence-corrected chi connectivity index (χ2v) is 5.27. The van der Waals surface area contributed by atoms with Crippen molar-refractivity contribution < 1.29 is 9.90 Å². The number of nitrogens with one attached hydrogen (secondary N) is 2. The molecule has 3 aromatic heterocycles. The average molecular weight is 302 g/mol. The van der Waals surface area contributed by atoms with E-state index < -0.39 is 0 Å². The summed E-state index contributed by atoms with van der Waals surface area (Å²) in [4.78, 5) is 17.4. The predicted molar refractivity (Wildman–Crippen MR) is 82.6 cm³/mol. The van der Waals surface area contributed by atoms with Gasteiger partial charge in [-0.1, -0.05) is 12.1 Å². The van der Waals surface area contributed by atoms with Crippen LogP contribution in [-0.2, 0) is 0 Å². The lowest BCUT2D eigenvalue weighted by atomic mass is 10.3. The van der Waals surface area contributed by atoms with Crippen molar-refractivity contribution in [3.8, 4) is 10.6 Å². The minimum atomic E-state index is -0.368. The number of thiophene rings is 1. The number of anilines is 1. The molecule has 0 radical (unpaired) electrons. The van der Waals surface area contributed by atoms with E-state index in [0.29, 0.717) is 5.82 Å². The van der Waals surface area contributed by atoms with E-state index in [1.807, 2.05) is 46.3 Å². The summed E-state index contributed by atoms with van der Waals surface area (Å²) in [5, 5.41) is 16.1. The van der Waals surface area contributed by atoms with Gasteiger partial charge in [0.2, 0.25) is 0 Å². The number of aromatic nitrogens is 2. The number of fused-ring (bicyclic) bond motifs is 1. The normalized spacial score (nSPS) is 10.7. The Balaban J connectivity index is 2.02. The van der Waals surface area contributed by atoms with E-state index in [9.17, 15) is 4.79 Å². The highest BCUT2D eigenvalue weighted by molar-refractivity contribution is 7.13. The molecule has 0 aliphatic carbocycles. The molecule has 108 valence electrons. The molecule has 0 aromatic carbocycles. The number of pyridine rings is 1. The van der Waals surface area contributed by atoms with Crippen LogP contribution in [0.5, 0.6) is 0 Å². The molecular formula is C14H14N4O2S. The van der Waals surface area contributed by atoms with Gasteiger partial charge in [-0.2, -0.15) is 0 Å². The first-order valence-corrected chi connectivity index (χ1v) is 7.34. The van der Waals surface area contributed by atoms with E-state index in [-0.39, 0.29) is 19.2 Å². The molecule has 3 N–H and O–H groups in total. The van der Waals surface area contributed by atoms with E-state index in [1.165, 1.54) is 0 Å². The second kappa shape index (κ2) is 5.94. The third kappa shape index (κ3) is 2.74. The molecule has 3 rings (SSSR count). The SMILES string of the molecule is O=C(NCCO)Nc1c(-c2cccs2)nc2ccccn12. The topological polar surface area (TPSA) is 78.7 Å². The summed E-state index contributed by atoms with van der Waals surface area (Å²) in [7, 11) is 0. The van der Waals surface area contributed by atoms with Gasteiger partial charge in [0.25, 0.3) is 0 Å². The third-order valence-corrected chi connectivity index (χ3v) is 3.79. The number of carbonyl (C=O) groups excluding carboxylic acids is 1. The number of urea groups is 1. The number of rotatable bonds is 4. The first-order chi connectivity index (χ1) is 10.3. The first kappa shape index (κ1) is 13.6. The van der Waals surface area contributed by atoms with Crippen LogP contribution in [0.1, 0.15) is 0 Å².